The van der Waals surface area contributed by atoms with Gasteiger partial charge in [-0.2, -0.15) is 0 Å². The number of anilines is 1. The Bertz CT molecular complexity index is 914. The number of rotatable bonds is 1. The van der Waals surface area contributed by atoms with Crippen LogP contribution in [0.15, 0.2) is 47.4 Å². The zero-order valence-electron chi connectivity index (χ0n) is 13.6. The van der Waals surface area contributed by atoms with E-state index in [1.807, 2.05) is 6.07 Å². The van der Waals surface area contributed by atoms with Crippen molar-refractivity contribution in [2.75, 3.05) is 11.4 Å². The molecule has 4 nitrogen and oxygen atoms in total. The van der Waals surface area contributed by atoms with E-state index in [0.29, 0.717) is 11.3 Å². The van der Waals surface area contributed by atoms with E-state index >= 15 is 0 Å². The summed E-state index contributed by atoms with van der Waals surface area (Å²) in [5.74, 6) is -0.245. The van der Waals surface area contributed by atoms with Crippen molar-refractivity contribution in [3.05, 3.63) is 53.6 Å². The molecule has 23 heavy (non-hydrogen) atoms. The molecule has 2 aromatic rings. The molecule has 0 saturated heterocycles. The Morgan fingerprint density at radius 2 is 1.61 bits per heavy atom. The number of carbonyl (C=O) groups is 1. The fourth-order valence-corrected chi connectivity index (χ4v) is 5.45. The number of fused-ring (bicyclic) bond motifs is 2. The number of para-hydroxylation sites is 1. The van der Waals surface area contributed by atoms with E-state index in [0.717, 1.165) is 5.19 Å². The molecular formula is C17H19NO3SSi. The van der Waals surface area contributed by atoms with Crippen molar-refractivity contribution >= 4 is 34.8 Å². The van der Waals surface area contributed by atoms with Crippen LogP contribution in [0.5, 0.6) is 0 Å². The maximum Gasteiger partial charge on any atom is 0.264 e. The van der Waals surface area contributed by atoms with Crippen LogP contribution in [0.25, 0.3) is 0 Å². The summed E-state index contributed by atoms with van der Waals surface area (Å²) >= 11 is 0. The molecule has 0 aromatic heterocycles. The summed E-state index contributed by atoms with van der Waals surface area (Å²) in [6.07, 6.45) is 0. The summed E-state index contributed by atoms with van der Waals surface area (Å²) in [7, 11) is -3.94. The normalized spacial score (nSPS) is 16.5. The van der Waals surface area contributed by atoms with E-state index in [4.69, 9.17) is 0 Å². The second kappa shape index (κ2) is 5.04. The van der Waals surface area contributed by atoms with Crippen molar-refractivity contribution in [1.29, 1.82) is 0 Å². The standard InChI is InChI=1S/C17H19NO3SSi/c1-18-15-8-6-5-7-13(15)17(19)14-10-9-12(23(2,3)4)11-16(14)22(18,20)21/h5-11H,1-4H3. The lowest BCUT2D eigenvalue weighted by Crippen LogP contribution is -2.38. The van der Waals surface area contributed by atoms with Crippen LogP contribution < -0.4 is 9.49 Å². The number of hydrogen-bond acceptors (Lipinski definition) is 3. The smallest absolute Gasteiger partial charge is 0.264 e. The Labute approximate surface area is 137 Å². The highest BCUT2D eigenvalue weighted by atomic mass is 32.2. The van der Waals surface area contributed by atoms with Crippen LogP contribution in [-0.2, 0) is 10.0 Å². The zero-order chi connectivity index (χ0) is 17.0. The van der Waals surface area contributed by atoms with Crippen LogP contribution in [0.4, 0.5) is 5.69 Å². The molecule has 120 valence electrons. The van der Waals surface area contributed by atoms with Crippen molar-refractivity contribution in [2.24, 2.45) is 0 Å². The number of hydrogen-bond donors (Lipinski definition) is 0. The average Bonchev–Trinajstić information content (AvgIpc) is 2.56. The molecule has 1 heterocycles. The first kappa shape index (κ1) is 16.0. The van der Waals surface area contributed by atoms with Gasteiger partial charge in [0.05, 0.1) is 18.7 Å². The molecule has 1 aliphatic rings. The molecule has 0 aliphatic carbocycles. The van der Waals surface area contributed by atoms with Crippen molar-refractivity contribution < 1.29 is 13.2 Å². The SMILES string of the molecule is CN1c2ccccc2C(=O)c2ccc([Si](C)(C)C)cc2S1(=O)=O. The number of sulfonamides is 1. The molecule has 2 aromatic carbocycles. The van der Waals surface area contributed by atoms with Gasteiger partial charge in [0.25, 0.3) is 10.0 Å². The average molecular weight is 345 g/mol. The van der Waals surface area contributed by atoms with Crippen molar-refractivity contribution in [1.82, 2.24) is 0 Å². The number of benzene rings is 2. The Kier molecular flexibility index (Phi) is 3.50. The quantitative estimate of drug-likeness (QED) is 0.747. The minimum atomic E-state index is -3.75. The second-order valence-electron chi connectivity index (χ2n) is 6.78. The summed E-state index contributed by atoms with van der Waals surface area (Å²) in [4.78, 5) is 13.0. The van der Waals surface area contributed by atoms with Crippen LogP contribution >= 0.6 is 0 Å². The molecule has 0 spiro atoms. The molecule has 0 saturated carbocycles. The van der Waals surface area contributed by atoms with Crippen LogP contribution in [0.3, 0.4) is 0 Å². The highest BCUT2D eigenvalue weighted by Crippen LogP contribution is 2.33. The molecule has 6 heteroatoms. The van der Waals surface area contributed by atoms with Crippen molar-refractivity contribution in [3.63, 3.8) is 0 Å². The van der Waals surface area contributed by atoms with E-state index in [2.05, 4.69) is 19.6 Å². The molecular weight excluding hydrogens is 326 g/mol. The number of ketones is 1. The summed E-state index contributed by atoms with van der Waals surface area (Å²) in [5, 5.41) is 1.02. The molecule has 1 aliphatic heterocycles. The van der Waals surface area contributed by atoms with Crippen molar-refractivity contribution in [3.8, 4) is 0 Å². The van der Waals surface area contributed by atoms with Gasteiger partial charge in [-0.3, -0.25) is 9.10 Å². The largest absolute Gasteiger partial charge is 0.288 e. The van der Waals surface area contributed by atoms with Gasteiger partial charge >= 0.3 is 0 Å². The molecule has 0 amide bonds. The van der Waals surface area contributed by atoms with E-state index in [1.165, 1.54) is 11.4 Å². The van der Waals surface area contributed by atoms with Gasteiger partial charge in [-0.1, -0.05) is 43.0 Å². The molecule has 0 fully saturated rings. The summed E-state index contributed by atoms with van der Waals surface area (Å²) < 4.78 is 27.2. The van der Waals surface area contributed by atoms with Gasteiger partial charge in [0, 0.05) is 18.2 Å². The molecule has 0 unspecified atom stereocenters. The Morgan fingerprint density at radius 3 is 2.26 bits per heavy atom. The molecule has 0 bridgehead atoms. The fourth-order valence-electron chi connectivity index (χ4n) is 2.75. The van der Waals surface area contributed by atoms with E-state index in [-0.39, 0.29) is 16.2 Å². The fraction of sp³-hybridized carbons (Fsp3) is 0.235. The Morgan fingerprint density at radius 1 is 0.957 bits per heavy atom. The van der Waals surface area contributed by atoms with Crippen LogP contribution in [0.1, 0.15) is 15.9 Å². The van der Waals surface area contributed by atoms with Crippen LogP contribution in [-0.4, -0.2) is 29.3 Å². The first-order valence-corrected chi connectivity index (χ1v) is 12.4. The minimum absolute atomic E-state index is 0.112. The van der Waals surface area contributed by atoms with E-state index in [1.54, 1.807) is 36.4 Å². The van der Waals surface area contributed by atoms with Gasteiger partial charge in [0.1, 0.15) is 0 Å². The highest BCUT2D eigenvalue weighted by Gasteiger charge is 2.35. The third-order valence-corrected chi connectivity index (χ3v) is 8.07. The third kappa shape index (κ3) is 2.42. The number of nitrogens with zero attached hydrogens (tertiary/aromatic N) is 1. The predicted molar refractivity (Wildman–Crippen MR) is 94.9 cm³/mol. The lowest BCUT2D eigenvalue weighted by Gasteiger charge is -2.21. The first-order valence-electron chi connectivity index (χ1n) is 7.41. The third-order valence-electron chi connectivity index (χ3n) is 4.22. The molecule has 0 atom stereocenters. The van der Waals surface area contributed by atoms with Crippen molar-refractivity contribution in [2.45, 2.75) is 24.5 Å². The van der Waals surface area contributed by atoms with Gasteiger partial charge in [0.15, 0.2) is 5.78 Å². The van der Waals surface area contributed by atoms with Gasteiger partial charge in [-0.05, 0) is 24.3 Å². The minimum Gasteiger partial charge on any atom is -0.288 e. The molecule has 3 rings (SSSR count). The second-order valence-corrected chi connectivity index (χ2v) is 13.8. The lowest BCUT2D eigenvalue weighted by atomic mass is 10.0. The maximum absolute atomic E-state index is 13.0. The topological polar surface area (TPSA) is 54.5 Å². The lowest BCUT2D eigenvalue weighted by molar-refractivity contribution is 0.103. The summed E-state index contributed by atoms with van der Waals surface area (Å²) in [6, 6.07) is 12.1. The van der Waals surface area contributed by atoms with Gasteiger partial charge in [-0.15, -0.1) is 0 Å². The van der Waals surface area contributed by atoms with Crippen LogP contribution in [0, 0.1) is 0 Å². The Balaban J connectivity index is 2.37. The summed E-state index contributed by atoms with van der Waals surface area (Å²) in [5.41, 5.74) is 1.09. The van der Waals surface area contributed by atoms with Gasteiger partial charge in [0.2, 0.25) is 0 Å². The summed E-state index contributed by atoms with van der Waals surface area (Å²) in [6.45, 7) is 6.45. The predicted octanol–water partition coefficient (Wildman–Crippen LogP) is 2.60. The van der Waals surface area contributed by atoms with Crippen LogP contribution in [0.2, 0.25) is 19.6 Å². The van der Waals surface area contributed by atoms with Gasteiger partial charge < -0.3 is 0 Å². The highest BCUT2D eigenvalue weighted by molar-refractivity contribution is 7.93. The molecule has 0 N–H and O–H groups in total. The number of carbonyl (C=O) groups excluding carboxylic acids is 1. The van der Waals surface area contributed by atoms with E-state index in [9.17, 15) is 13.2 Å². The Hall–Kier alpha value is -1.92. The maximum atomic E-state index is 13.0. The first-order chi connectivity index (χ1) is 10.6. The monoisotopic (exact) mass is 345 g/mol. The zero-order valence-corrected chi connectivity index (χ0v) is 15.4. The van der Waals surface area contributed by atoms with Gasteiger partial charge in [-0.25, -0.2) is 8.42 Å². The van der Waals surface area contributed by atoms with E-state index < -0.39 is 18.1 Å². The molecule has 0 radical (unpaired) electrons.